The summed E-state index contributed by atoms with van der Waals surface area (Å²) in [7, 11) is 0. The Bertz CT molecular complexity index is 1110. The van der Waals surface area contributed by atoms with Crippen molar-refractivity contribution in [2.45, 2.75) is 46.9 Å². The van der Waals surface area contributed by atoms with Crippen LogP contribution in [0.3, 0.4) is 0 Å². The largest absolute Gasteiger partial charge is 0.476 e. The molecule has 3 aromatic rings. The van der Waals surface area contributed by atoms with Gasteiger partial charge in [-0.2, -0.15) is 4.98 Å². The quantitative estimate of drug-likeness (QED) is 0.360. The number of alkyl halides is 1. The van der Waals surface area contributed by atoms with E-state index >= 15 is 0 Å². The fraction of sp³-hybridized carbons (Fsp3) is 0.435. The Labute approximate surface area is 203 Å². The van der Waals surface area contributed by atoms with Gasteiger partial charge in [0, 0.05) is 5.41 Å². The lowest BCUT2D eigenvalue weighted by Gasteiger charge is -2.20. The van der Waals surface area contributed by atoms with Gasteiger partial charge in [-0.25, -0.2) is 9.97 Å². The maximum atomic E-state index is 11.9. The maximum Gasteiger partial charge on any atom is 0.250 e. The van der Waals surface area contributed by atoms with Crippen LogP contribution in [0.25, 0.3) is 11.2 Å². The van der Waals surface area contributed by atoms with Crippen molar-refractivity contribution in [2.75, 3.05) is 11.9 Å². The number of carbonyl (C=O) groups is 2. The highest BCUT2D eigenvalue weighted by molar-refractivity contribution is 6.44. The van der Waals surface area contributed by atoms with Crippen molar-refractivity contribution >= 4 is 51.7 Å². The highest BCUT2D eigenvalue weighted by Crippen LogP contribution is 2.25. The third kappa shape index (κ3) is 7.68. The first kappa shape index (κ1) is 26.5. The van der Waals surface area contributed by atoms with Gasteiger partial charge in [-0.3, -0.25) is 9.59 Å². The van der Waals surface area contributed by atoms with Crippen LogP contribution < -0.4 is 10.1 Å². The van der Waals surface area contributed by atoms with Crippen LogP contribution in [0.4, 0.5) is 5.69 Å². The number of rotatable bonds is 6. The summed E-state index contributed by atoms with van der Waals surface area (Å²) in [5, 5.41) is 1.76. The zero-order chi connectivity index (χ0) is 24.8. The molecule has 0 bridgehead atoms. The number of carbonyl (C=O) groups excluding carboxylic acids is 2. The number of halogens is 2. The molecule has 1 unspecified atom stereocenters. The van der Waals surface area contributed by atoms with Crippen LogP contribution in [-0.2, 0) is 9.59 Å². The zero-order valence-electron chi connectivity index (χ0n) is 19.6. The second kappa shape index (κ2) is 11.4. The van der Waals surface area contributed by atoms with Gasteiger partial charge in [0.15, 0.2) is 16.8 Å². The van der Waals surface area contributed by atoms with Gasteiger partial charge < -0.3 is 15.0 Å². The Balaban J connectivity index is 0.000000243. The number of aromatic nitrogens is 4. The number of Topliss-reactive ketones (excluding diaryl/α,β-unsaturated/α-hetero) is 1. The monoisotopic (exact) mass is 493 g/mol. The molecule has 0 aliphatic carbocycles. The first-order valence-electron chi connectivity index (χ1n) is 10.4. The Morgan fingerprint density at radius 1 is 1.18 bits per heavy atom. The number of hydrogen-bond acceptors (Lipinski definition) is 6. The first-order chi connectivity index (χ1) is 15.4. The summed E-state index contributed by atoms with van der Waals surface area (Å²) in [4.78, 5) is 38.9. The summed E-state index contributed by atoms with van der Waals surface area (Å²) >= 11 is 11.9. The van der Waals surface area contributed by atoms with E-state index in [1.165, 1.54) is 6.33 Å². The number of ketones is 1. The second-order valence-corrected chi connectivity index (χ2v) is 9.78. The molecule has 8 nitrogen and oxygen atoms in total. The molecule has 0 radical (unpaired) electrons. The number of aryl methyl sites for hydroxylation is 1. The summed E-state index contributed by atoms with van der Waals surface area (Å²) in [6, 6.07) is 5.24. The molecule has 0 fully saturated rings. The fourth-order valence-corrected chi connectivity index (χ4v) is 3.07. The van der Waals surface area contributed by atoms with E-state index in [0.29, 0.717) is 34.8 Å². The molecular weight excluding hydrogens is 465 g/mol. The second-order valence-electron chi connectivity index (χ2n) is 8.93. The molecule has 0 spiro atoms. The van der Waals surface area contributed by atoms with Crippen LogP contribution in [0.15, 0.2) is 30.9 Å². The van der Waals surface area contributed by atoms with Crippen molar-refractivity contribution in [1.82, 2.24) is 19.9 Å². The van der Waals surface area contributed by atoms with Gasteiger partial charge in [0.05, 0.1) is 23.6 Å². The lowest BCUT2D eigenvalue weighted by molar-refractivity contribution is -0.130. The third-order valence-electron chi connectivity index (χ3n) is 4.32. The maximum absolute atomic E-state index is 11.9. The zero-order valence-corrected chi connectivity index (χ0v) is 21.1. The van der Waals surface area contributed by atoms with Crippen LogP contribution in [0.2, 0.25) is 5.02 Å². The highest BCUT2D eigenvalue weighted by atomic mass is 35.5. The molecule has 10 heteroatoms. The standard InChI is InChI=1S/C14H17Cl2NO2.C9H12N4O/c1-8-5-6-9(15)10(7-8)17-13(19)11(16)12(18)14(2,3)4;1-6(2)3-14-9-7-8(11-4-10-7)12-5-13-9/h5-7,11H,1-4H3,(H,17,19);4-6H,3H2,1-2H3,(H,10,11,12,13). The Hall–Kier alpha value is -2.71. The number of hydrogen-bond donors (Lipinski definition) is 2. The predicted molar refractivity (Wildman–Crippen MR) is 131 cm³/mol. The summed E-state index contributed by atoms with van der Waals surface area (Å²) in [6.07, 6.45) is 3.04. The Morgan fingerprint density at radius 3 is 2.52 bits per heavy atom. The lowest BCUT2D eigenvalue weighted by atomic mass is 9.88. The Kier molecular flexibility index (Phi) is 9.19. The van der Waals surface area contributed by atoms with E-state index in [4.69, 9.17) is 27.9 Å². The van der Waals surface area contributed by atoms with Crippen molar-refractivity contribution in [3.8, 4) is 5.88 Å². The molecule has 3 rings (SSSR count). The average Bonchev–Trinajstić information content (AvgIpc) is 3.23. The predicted octanol–water partition coefficient (Wildman–Crippen LogP) is 5.20. The normalized spacial score (nSPS) is 12.2. The lowest BCUT2D eigenvalue weighted by Crippen LogP contribution is -2.37. The van der Waals surface area contributed by atoms with Crippen LogP contribution in [0.1, 0.15) is 40.2 Å². The first-order valence-corrected chi connectivity index (χ1v) is 11.2. The summed E-state index contributed by atoms with van der Waals surface area (Å²) in [5.41, 5.74) is 2.14. The van der Waals surface area contributed by atoms with Gasteiger partial charge in [-0.1, -0.05) is 52.3 Å². The molecule has 2 heterocycles. The SMILES string of the molecule is CC(C)COc1ncnc2nc[nH]c12.Cc1ccc(Cl)c(NC(=O)C(Cl)C(=O)C(C)(C)C)c1. The van der Waals surface area contributed by atoms with Crippen molar-refractivity contribution in [2.24, 2.45) is 11.3 Å². The fourth-order valence-electron chi connectivity index (χ4n) is 2.53. The molecule has 2 aromatic heterocycles. The van der Waals surface area contributed by atoms with E-state index in [0.717, 1.165) is 11.1 Å². The molecule has 0 aliphatic rings. The minimum absolute atomic E-state index is 0.324. The minimum Gasteiger partial charge on any atom is -0.476 e. The van der Waals surface area contributed by atoms with Crippen molar-refractivity contribution in [3.63, 3.8) is 0 Å². The van der Waals surface area contributed by atoms with E-state index in [1.54, 1.807) is 39.2 Å². The van der Waals surface area contributed by atoms with E-state index < -0.39 is 16.7 Å². The van der Waals surface area contributed by atoms with Gasteiger partial charge in [-0.15, -0.1) is 11.6 Å². The third-order valence-corrected chi connectivity index (χ3v) is 5.05. The number of nitrogens with zero attached hydrogens (tertiary/aromatic N) is 3. The number of anilines is 1. The van der Waals surface area contributed by atoms with Gasteiger partial charge in [0.2, 0.25) is 11.8 Å². The molecule has 178 valence electrons. The molecular formula is C23H29Cl2N5O3. The molecule has 0 saturated heterocycles. The Morgan fingerprint density at radius 2 is 1.88 bits per heavy atom. The van der Waals surface area contributed by atoms with E-state index in [2.05, 4.69) is 39.1 Å². The molecule has 0 aliphatic heterocycles. The topological polar surface area (TPSA) is 110 Å². The highest BCUT2D eigenvalue weighted by Gasteiger charge is 2.33. The molecule has 2 N–H and O–H groups in total. The van der Waals surface area contributed by atoms with E-state index in [1.807, 2.05) is 13.0 Å². The number of fused-ring (bicyclic) bond motifs is 1. The van der Waals surface area contributed by atoms with Gasteiger partial charge >= 0.3 is 0 Å². The number of ether oxygens (including phenoxy) is 1. The van der Waals surface area contributed by atoms with E-state index in [-0.39, 0.29) is 5.78 Å². The summed E-state index contributed by atoms with van der Waals surface area (Å²) in [6.45, 7) is 11.9. The van der Waals surface area contributed by atoms with Crippen LogP contribution in [-0.4, -0.2) is 43.6 Å². The molecule has 0 saturated carbocycles. The molecule has 33 heavy (non-hydrogen) atoms. The number of nitrogens with one attached hydrogen (secondary N) is 2. The number of H-pyrrole nitrogens is 1. The van der Waals surface area contributed by atoms with Gasteiger partial charge in [-0.05, 0) is 30.5 Å². The summed E-state index contributed by atoms with van der Waals surface area (Å²) in [5.74, 6) is 0.161. The van der Waals surface area contributed by atoms with Gasteiger partial charge in [0.25, 0.3) is 0 Å². The molecule has 1 atom stereocenters. The van der Waals surface area contributed by atoms with Crippen molar-refractivity contribution in [3.05, 3.63) is 41.4 Å². The number of amides is 1. The number of aromatic amines is 1. The molecule has 1 amide bonds. The minimum atomic E-state index is -1.23. The number of benzene rings is 1. The van der Waals surface area contributed by atoms with Crippen molar-refractivity contribution in [1.29, 1.82) is 0 Å². The van der Waals surface area contributed by atoms with Crippen LogP contribution in [0, 0.1) is 18.3 Å². The van der Waals surface area contributed by atoms with Crippen molar-refractivity contribution < 1.29 is 14.3 Å². The van der Waals surface area contributed by atoms with E-state index in [9.17, 15) is 9.59 Å². The average molecular weight is 494 g/mol. The van der Waals surface area contributed by atoms with Crippen LogP contribution in [0.5, 0.6) is 5.88 Å². The smallest absolute Gasteiger partial charge is 0.250 e. The number of imidazole rings is 1. The summed E-state index contributed by atoms with van der Waals surface area (Å²) < 4.78 is 5.52. The molecule has 1 aromatic carbocycles. The van der Waals surface area contributed by atoms with Crippen LogP contribution >= 0.6 is 23.2 Å². The van der Waals surface area contributed by atoms with Gasteiger partial charge in [0.1, 0.15) is 11.8 Å².